The summed E-state index contributed by atoms with van der Waals surface area (Å²) < 4.78 is 0. The number of carbonyl (C=O) groups excluding carboxylic acids is 1. The van der Waals surface area contributed by atoms with Gasteiger partial charge in [-0.05, 0) is 68.0 Å². The number of hydrazone groups is 1. The summed E-state index contributed by atoms with van der Waals surface area (Å²) in [5, 5.41) is 14.9. The molecule has 0 saturated carbocycles. The van der Waals surface area contributed by atoms with E-state index in [4.69, 9.17) is 0 Å². The van der Waals surface area contributed by atoms with Crippen molar-refractivity contribution < 1.29 is 9.72 Å². The Hall–Kier alpha value is -3.22. The fourth-order valence-corrected chi connectivity index (χ4v) is 3.86. The van der Waals surface area contributed by atoms with E-state index in [0.717, 1.165) is 17.5 Å². The summed E-state index contributed by atoms with van der Waals surface area (Å²) in [5.74, 6) is -0.0705. The topological polar surface area (TPSA) is 87.8 Å². The number of benzene rings is 2. The van der Waals surface area contributed by atoms with Crippen LogP contribution in [0.25, 0.3) is 0 Å². The molecule has 1 N–H and O–H groups in total. The lowest BCUT2D eigenvalue weighted by Crippen LogP contribution is -2.45. The Labute approximate surface area is 170 Å². The van der Waals surface area contributed by atoms with Crippen molar-refractivity contribution in [3.8, 4) is 0 Å². The zero-order valence-electron chi connectivity index (χ0n) is 17.4. The van der Waals surface area contributed by atoms with Crippen molar-refractivity contribution in [3.05, 3.63) is 68.8 Å². The zero-order valence-corrected chi connectivity index (χ0v) is 17.4. The Kier molecular flexibility index (Phi) is 5.42. The van der Waals surface area contributed by atoms with E-state index >= 15 is 0 Å². The van der Waals surface area contributed by atoms with Crippen LogP contribution in [-0.4, -0.2) is 29.6 Å². The number of rotatable bonds is 4. The van der Waals surface area contributed by atoms with Gasteiger partial charge in [-0.2, -0.15) is 5.10 Å². The van der Waals surface area contributed by atoms with Crippen molar-refractivity contribution in [2.45, 2.75) is 45.6 Å². The maximum absolute atomic E-state index is 12.2. The van der Waals surface area contributed by atoms with Crippen LogP contribution in [0.1, 0.15) is 60.2 Å². The molecule has 0 aromatic heterocycles. The summed E-state index contributed by atoms with van der Waals surface area (Å²) >= 11 is 0. The number of aryl methyl sites for hydroxylation is 1. The van der Waals surface area contributed by atoms with Gasteiger partial charge in [0.25, 0.3) is 11.6 Å². The van der Waals surface area contributed by atoms with E-state index in [9.17, 15) is 14.9 Å². The monoisotopic (exact) mass is 394 g/mol. The largest absolute Gasteiger partial charge is 0.369 e. The molecule has 29 heavy (non-hydrogen) atoms. The minimum absolute atomic E-state index is 0.0979. The smallest absolute Gasteiger partial charge is 0.271 e. The number of amides is 1. The second-order valence-electron chi connectivity index (χ2n) is 8.25. The van der Waals surface area contributed by atoms with E-state index < -0.39 is 10.8 Å². The maximum atomic E-state index is 12.2. The molecule has 3 rings (SSSR count). The van der Waals surface area contributed by atoms with Gasteiger partial charge in [-0.15, -0.1) is 0 Å². The van der Waals surface area contributed by atoms with Crippen molar-refractivity contribution in [1.82, 2.24) is 5.43 Å². The van der Waals surface area contributed by atoms with E-state index in [-0.39, 0.29) is 16.8 Å². The number of nitro benzene ring substituents is 1. The van der Waals surface area contributed by atoms with Gasteiger partial charge < -0.3 is 4.90 Å². The predicted molar refractivity (Wildman–Crippen MR) is 115 cm³/mol. The molecule has 0 spiro atoms. The molecule has 1 amide bonds. The standard InChI is InChI=1S/C22H26N4O3/c1-14-9-20-19(15(2)12-22(3,4)25(20)5)11-17(14)13-23-24-21(27)16-7-6-8-18(10-16)26(28)29/h6-11,13,15H,12H2,1-5H3,(H,24,27)/b23-13-/t15-/m1/s1. The third-order valence-electron chi connectivity index (χ3n) is 5.71. The lowest BCUT2D eigenvalue weighted by Gasteiger charge is -2.45. The Morgan fingerprint density at radius 2 is 2.07 bits per heavy atom. The van der Waals surface area contributed by atoms with Crippen LogP contribution in [0.4, 0.5) is 11.4 Å². The van der Waals surface area contributed by atoms with Crippen LogP contribution in [-0.2, 0) is 0 Å². The lowest BCUT2D eigenvalue weighted by atomic mass is 9.79. The molecular formula is C22H26N4O3. The minimum atomic E-state index is -0.532. The molecule has 7 heteroatoms. The van der Waals surface area contributed by atoms with E-state index in [0.29, 0.717) is 5.92 Å². The molecule has 0 saturated heterocycles. The number of nitrogens with zero attached hydrogens (tertiary/aromatic N) is 3. The van der Waals surface area contributed by atoms with Crippen molar-refractivity contribution in [2.75, 3.05) is 11.9 Å². The van der Waals surface area contributed by atoms with Crippen LogP contribution in [0.3, 0.4) is 0 Å². The normalized spacial score (nSPS) is 17.8. The molecule has 0 radical (unpaired) electrons. The average molecular weight is 394 g/mol. The summed E-state index contributed by atoms with van der Waals surface area (Å²) in [5.41, 5.74) is 7.10. The molecule has 2 aromatic rings. The average Bonchev–Trinajstić information content (AvgIpc) is 2.66. The lowest BCUT2D eigenvalue weighted by molar-refractivity contribution is -0.384. The van der Waals surface area contributed by atoms with Crippen LogP contribution in [0.15, 0.2) is 41.5 Å². The van der Waals surface area contributed by atoms with E-state index in [2.05, 4.69) is 55.4 Å². The fraction of sp³-hybridized carbons (Fsp3) is 0.364. The van der Waals surface area contributed by atoms with Crippen LogP contribution in [0, 0.1) is 17.0 Å². The summed E-state index contributed by atoms with van der Waals surface area (Å²) in [6.07, 6.45) is 2.68. The summed E-state index contributed by atoms with van der Waals surface area (Å²) in [4.78, 5) is 24.9. The first-order valence-electron chi connectivity index (χ1n) is 9.56. The van der Waals surface area contributed by atoms with Gasteiger partial charge in [0.2, 0.25) is 0 Å². The van der Waals surface area contributed by atoms with E-state index in [1.807, 2.05) is 6.92 Å². The molecule has 1 atom stereocenters. The van der Waals surface area contributed by atoms with Gasteiger partial charge in [0, 0.05) is 36.0 Å². The maximum Gasteiger partial charge on any atom is 0.271 e. The SMILES string of the molecule is Cc1cc2c(cc1/C=N\NC(=O)c1cccc([N+](=O)[O-])c1)[C@H](C)CC(C)(C)N2C. The molecule has 1 aliphatic rings. The third kappa shape index (κ3) is 4.13. The molecule has 1 heterocycles. The zero-order chi connectivity index (χ0) is 21.3. The molecule has 7 nitrogen and oxygen atoms in total. The summed E-state index contributed by atoms with van der Waals surface area (Å²) in [7, 11) is 2.12. The molecular weight excluding hydrogens is 368 g/mol. The van der Waals surface area contributed by atoms with Crippen LogP contribution in [0.5, 0.6) is 0 Å². The van der Waals surface area contributed by atoms with Gasteiger partial charge in [0.05, 0.1) is 11.1 Å². The first-order chi connectivity index (χ1) is 13.6. The van der Waals surface area contributed by atoms with Crippen molar-refractivity contribution in [3.63, 3.8) is 0 Å². The van der Waals surface area contributed by atoms with Crippen molar-refractivity contribution in [1.29, 1.82) is 0 Å². The number of nitrogens with one attached hydrogen (secondary N) is 1. The molecule has 0 aliphatic carbocycles. The van der Waals surface area contributed by atoms with E-state index in [1.165, 1.54) is 35.5 Å². The Balaban J connectivity index is 1.80. The summed E-state index contributed by atoms with van der Waals surface area (Å²) in [6, 6.07) is 9.86. The minimum Gasteiger partial charge on any atom is -0.369 e. The highest BCUT2D eigenvalue weighted by molar-refractivity contribution is 5.95. The predicted octanol–water partition coefficient (Wildman–Crippen LogP) is 4.39. The molecule has 0 fully saturated rings. The molecule has 1 aliphatic heterocycles. The second kappa shape index (κ2) is 7.66. The summed E-state index contributed by atoms with van der Waals surface area (Å²) in [6.45, 7) is 8.75. The number of carbonyl (C=O) groups is 1. The van der Waals surface area contributed by atoms with Gasteiger partial charge >= 0.3 is 0 Å². The van der Waals surface area contributed by atoms with Crippen molar-refractivity contribution >= 4 is 23.5 Å². The highest BCUT2D eigenvalue weighted by Crippen LogP contribution is 2.43. The third-order valence-corrected chi connectivity index (χ3v) is 5.71. The van der Waals surface area contributed by atoms with E-state index in [1.54, 1.807) is 6.21 Å². The van der Waals surface area contributed by atoms with Gasteiger partial charge in [-0.3, -0.25) is 14.9 Å². The van der Waals surface area contributed by atoms with Gasteiger partial charge in [-0.25, -0.2) is 5.43 Å². The van der Waals surface area contributed by atoms with Gasteiger partial charge in [-0.1, -0.05) is 13.0 Å². The van der Waals surface area contributed by atoms with Crippen LogP contribution in [0.2, 0.25) is 0 Å². The fourth-order valence-electron chi connectivity index (χ4n) is 3.86. The number of hydrogen-bond donors (Lipinski definition) is 1. The van der Waals surface area contributed by atoms with Crippen LogP contribution >= 0.6 is 0 Å². The molecule has 2 aromatic carbocycles. The Morgan fingerprint density at radius 3 is 2.76 bits per heavy atom. The molecule has 152 valence electrons. The Bertz CT molecular complexity index is 998. The quantitative estimate of drug-likeness (QED) is 0.473. The highest BCUT2D eigenvalue weighted by Gasteiger charge is 2.34. The number of fused-ring (bicyclic) bond motifs is 1. The van der Waals surface area contributed by atoms with Gasteiger partial charge in [0.1, 0.15) is 0 Å². The Morgan fingerprint density at radius 1 is 1.34 bits per heavy atom. The number of hydrogen-bond acceptors (Lipinski definition) is 5. The van der Waals surface area contributed by atoms with Gasteiger partial charge in [0.15, 0.2) is 0 Å². The first-order valence-corrected chi connectivity index (χ1v) is 9.56. The highest BCUT2D eigenvalue weighted by atomic mass is 16.6. The molecule has 0 unspecified atom stereocenters. The van der Waals surface area contributed by atoms with Crippen molar-refractivity contribution in [2.24, 2.45) is 5.10 Å². The first kappa shape index (κ1) is 20.5. The second-order valence-corrected chi connectivity index (χ2v) is 8.25. The number of nitro groups is 1. The number of non-ortho nitro benzene ring substituents is 1. The molecule has 0 bridgehead atoms. The number of anilines is 1. The van der Waals surface area contributed by atoms with Crippen LogP contribution < -0.4 is 10.3 Å².